The second kappa shape index (κ2) is 7.28. The van der Waals surface area contributed by atoms with E-state index in [0.29, 0.717) is 22.4 Å². The summed E-state index contributed by atoms with van der Waals surface area (Å²) in [6.07, 6.45) is 1.40. The van der Waals surface area contributed by atoms with E-state index in [1.165, 1.54) is 6.26 Å². The second-order valence-electron chi connectivity index (χ2n) is 5.81. The summed E-state index contributed by atoms with van der Waals surface area (Å²) in [6, 6.07) is 15.1. The molecule has 8 heteroatoms. The van der Waals surface area contributed by atoms with Gasteiger partial charge >= 0.3 is 5.97 Å². The maximum atomic E-state index is 12.2. The maximum absolute atomic E-state index is 12.2. The number of carbonyl (C=O) groups is 2. The minimum Gasteiger partial charge on any atom is -0.481 e. The third kappa shape index (κ3) is 3.56. The normalized spacial score (nSPS) is 10.7. The highest BCUT2D eigenvalue weighted by Gasteiger charge is 2.17. The van der Waals surface area contributed by atoms with Crippen molar-refractivity contribution in [2.75, 3.05) is 11.9 Å². The van der Waals surface area contributed by atoms with Crippen molar-refractivity contribution in [1.82, 2.24) is 4.98 Å². The van der Waals surface area contributed by atoms with Crippen LogP contribution in [0.15, 0.2) is 69.7 Å². The number of carbonyl (C=O) groups excluding carboxylic acids is 1. The zero-order chi connectivity index (χ0) is 19.5. The summed E-state index contributed by atoms with van der Waals surface area (Å²) >= 11 is 0. The fourth-order valence-electron chi connectivity index (χ4n) is 2.63. The molecule has 2 N–H and O–H groups in total. The molecule has 0 aliphatic rings. The number of carboxylic acids is 1. The smallest absolute Gasteiger partial charge is 0.341 e. The van der Waals surface area contributed by atoms with Gasteiger partial charge in [0.2, 0.25) is 5.89 Å². The zero-order valence-corrected chi connectivity index (χ0v) is 14.4. The molecule has 8 nitrogen and oxygen atoms in total. The van der Waals surface area contributed by atoms with Gasteiger partial charge in [-0.15, -0.1) is 0 Å². The summed E-state index contributed by atoms with van der Waals surface area (Å²) in [4.78, 5) is 27.5. The number of oxazole rings is 1. The maximum Gasteiger partial charge on any atom is 0.341 e. The van der Waals surface area contributed by atoms with E-state index in [1.54, 1.807) is 42.5 Å². The molecule has 0 aliphatic heterocycles. The van der Waals surface area contributed by atoms with Gasteiger partial charge in [0.1, 0.15) is 11.3 Å². The third-order valence-electron chi connectivity index (χ3n) is 3.86. The molecule has 2 aromatic heterocycles. The van der Waals surface area contributed by atoms with Gasteiger partial charge in [-0.25, -0.2) is 9.78 Å². The number of nitrogens with zero attached hydrogens (tertiary/aromatic N) is 1. The number of aromatic nitrogens is 1. The summed E-state index contributed by atoms with van der Waals surface area (Å²) < 4.78 is 16.2. The van der Waals surface area contributed by atoms with Gasteiger partial charge in [-0.05, 0) is 42.5 Å². The number of ether oxygens (including phenoxy) is 1. The Morgan fingerprint density at radius 3 is 2.71 bits per heavy atom. The molecule has 28 heavy (non-hydrogen) atoms. The molecule has 0 atom stereocenters. The van der Waals surface area contributed by atoms with Crippen LogP contribution in [0.5, 0.6) is 5.75 Å². The molecule has 2 heterocycles. The van der Waals surface area contributed by atoms with Crippen molar-refractivity contribution in [2.45, 2.75) is 0 Å². The minimum atomic E-state index is -1.11. The van der Waals surface area contributed by atoms with E-state index < -0.39 is 18.5 Å². The van der Waals surface area contributed by atoms with Gasteiger partial charge < -0.3 is 24.0 Å². The lowest BCUT2D eigenvalue weighted by Crippen LogP contribution is -2.12. The second-order valence-corrected chi connectivity index (χ2v) is 5.81. The van der Waals surface area contributed by atoms with E-state index in [9.17, 15) is 9.59 Å². The Balaban J connectivity index is 1.71. The summed E-state index contributed by atoms with van der Waals surface area (Å²) in [5.74, 6) is -0.860. The van der Waals surface area contributed by atoms with E-state index in [4.69, 9.17) is 18.7 Å². The van der Waals surface area contributed by atoms with Gasteiger partial charge in [0.15, 0.2) is 18.0 Å². The van der Waals surface area contributed by atoms with Gasteiger partial charge in [-0.2, -0.15) is 0 Å². The Bertz CT molecular complexity index is 1110. The predicted molar refractivity (Wildman–Crippen MR) is 99.2 cm³/mol. The molecule has 1 amide bonds. The largest absolute Gasteiger partial charge is 0.481 e. The lowest BCUT2D eigenvalue weighted by atomic mass is 10.1. The van der Waals surface area contributed by atoms with Crippen molar-refractivity contribution in [3.8, 4) is 17.2 Å². The molecule has 0 saturated heterocycles. The van der Waals surface area contributed by atoms with Crippen molar-refractivity contribution < 1.29 is 28.3 Å². The van der Waals surface area contributed by atoms with Crippen LogP contribution >= 0.6 is 0 Å². The van der Waals surface area contributed by atoms with Crippen LogP contribution in [0, 0.1) is 0 Å². The highest BCUT2D eigenvalue weighted by molar-refractivity contribution is 6.02. The van der Waals surface area contributed by atoms with Crippen molar-refractivity contribution in [2.24, 2.45) is 0 Å². The number of benzene rings is 2. The van der Waals surface area contributed by atoms with Crippen LogP contribution in [0.3, 0.4) is 0 Å². The van der Waals surface area contributed by atoms with Gasteiger partial charge in [0, 0.05) is 5.69 Å². The van der Waals surface area contributed by atoms with E-state index >= 15 is 0 Å². The number of carboxylic acid groups (broad SMARTS) is 1. The number of amides is 1. The first-order chi connectivity index (χ1) is 13.6. The number of nitrogens with one attached hydrogen (secondary N) is 1. The highest BCUT2D eigenvalue weighted by atomic mass is 16.5. The first-order valence-electron chi connectivity index (χ1n) is 8.29. The van der Waals surface area contributed by atoms with Crippen molar-refractivity contribution >= 4 is 28.7 Å². The molecule has 0 unspecified atom stereocenters. The minimum absolute atomic E-state index is 0.162. The first kappa shape index (κ1) is 17.3. The molecule has 0 bridgehead atoms. The zero-order valence-electron chi connectivity index (χ0n) is 14.4. The van der Waals surface area contributed by atoms with E-state index in [0.717, 1.165) is 0 Å². The summed E-state index contributed by atoms with van der Waals surface area (Å²) in [5, 5.41) is 11.6. The molecule has 2 aromatic carbocycles. The Labute approximate surface area is 158 Å². The molecule has 140 valence electrons. The molecular weight excluding hydrogens is 364 g/mol. The molecule has 0 radical (unpaired) electrons. The number of hydrogen-bond acceptors (Lipinski definition) is 6. The van der Waals surface area contributed by atoms with Gasteiger partial charge in [0.25, 0.3) is 5.91 Å². The molecule has 4 aromatic rings. The lowest BCUT2D eigenvalue weighted by molar-refractivity contribution is -0.139. The average molecular weight is 378 g/mol. The molecule has 0 saturated carbocycles. The fraction of sp³-hybridized carbons (Fsp3) is 0.0500. The lowest BCUT2D eigenvalue weighted by Gasteiger charge is -2.10. The number of fused-ring (bicyclic) bond motifs is 1. The van der Waals surface area contributed by atoms with E-state index in [2.05, 4.69) is 10.3 Å². The van der Waals surface area contributed by atoms with E-state index in [1.807, 2.05) is 12.1 Å². The van der Waals surface area contributed by atoms with Crippen molar-refractivity contribution in [3.63, 3.8) is 0 Å². The Morgan fingerprint density at radius 1 is 1.11 bits per heavy atom. The number of rotatable bonds is 6. The average Bonchev–Trinajstić information content (AvgIpc) is 3.36. The third-order valence-corrected chi connectivity index (χ3v) is 3.86. The standard InChI is InChI=1S/C20H14N2O6/c23-18(24)11-27-15-8-7-12(21-19(25)17-6-3-9-26-17)10-13(15)20-22-14-4-1-2-5-16(14)28-20/h1-10H,11H2,(H,21,25)(H,23,24). The summed E-state index contributed by atoms with van der Waals surface area (Å²) in [6.45, 7) is -0.522. The molecule has 0 spiro atoms. The Kier molecular flexibility index (Phi) is 4.51. The van der Waals surface area contributed by atoms with Crippen LogP contribution in [0.4, 0.5) is 5.69 Å². The highest BCUT2D eigenvalue weighted by Crippen LogP contribution is 2.34. The molecule has 0 aliphatic carbocycles. The van der Waals surface area contributed by atoms with Crippen LogP contribution in [0.1, 0.15) is 10.6 Å². The van der Waals surface area contributed by atoms with Crippen LogP contribution in [-0.4, -0.2) is 28.6 Å². The predicted octanol–water partition coefficient (Wildman–Crippen LogP) is 3.80. The number of aliphatic carboxylic acids is 1. The molecular formula is C20H14N2O6. The summed E-state index contributed by atoms with van der Waals surface area (Å²) in [5.41, 5.74) is 2.08. The molecule has 0 fully saturated rings. The Hall–Kier alpha value is -4.07. The number of hydrogen-bond donors (Lipinski definition) is 2. The van der Waals surface area contributed by atoms with Gasteiger partial charge in [-0.1, -0.05) is 12.1 Å². The van der Waals surface area contributed by atoms with Crippen LogP contribution in [0.25, 0.3) is 22.6 Å². The van der Waals surface area contributed by atoms with Crippen molar-refractivity contribution in [1.29, 1.82) is 0 Å². The number of para-hydroxylation sites is 2. The van der Waals surface area contributed by atoms with Crippen LogP contribution in [0.2, 0.25) is 0 Å². The molecule has 4 rings (SSSR count). The first-order valence-corrected chi connectivity index (χ1v) is 8.29. The van der Waals surface area contributed by atoms with Gasteiger partial charge in [0.05, 0.1) is 11.8 Å². The van der Waals surface area contributed by atoms with E-state index in [-0.39, 0.29) is 17.4 Å². The Morgan fingerprint density at radius 2 is 1.96 bits per heavy atom. The monoisotopic (exact) mass is 378 g/mol. The quantitative estimate of drug-likeness (QED) is 0.524. The number of furan rings is 1. The number of anilines is 1. The topological polar surface area (TPSA) is 115 Å². The summed E-state index contributed by atoms with van der Waals surface area (Å²) in [7, 11) is 0. The SMILES string of the molecule is O=C(O)COc1ccc(NC(=O)c2ccco2)cc1-c1nc2ccccc2o1. The fourth-order valence-corrected chi connectivity index (χ4v) is 2.63. The van der Waals surface area contributed by atoms with Crippen molar-refractivity contribution in [3.05, 3.63) is 66.6 Å². The van der Waals surface area contributed by atoms with Crippen LogP contribution < -0.4 is 10.1 Å². The van der Waals surface area contributed by atoms with Crippen LogP contribution in [-0.2, 0) is 4.79 Å². The van der Waals surface area contributed by atoms with Gasteiger partial charge in [-0.3, -0.25) is 4.79 Å².